The van der Waals surface area contributed by atoms with Gasteiger partial charge in [0.1, 0.15) is 5.52 Å². The Bertz CT molecular complexity index is 899. The van der Waals surface area contributed by atoms with Crippen molar-refractivity contribution in [1.82, 2.24) is 19.5 Å². The van der Waals surface area contributed by atoms with Gasteiger partial charge in [0.25, 0.3) is 0 Å². The molecule has 3 aromatic rings. The van der Waals surface area contributed by atoms with Crippen LogP contribution in [0.4, 0.5) is 5.82 Å². The Kier molecular flexibility index (Phi) is 4.52. The molecule has 0 aliphatic heterocycles. The molecular weight excluding hydrogens is 312 g/mol. The van der Waals surface area contributed by atoms with E-state index < -0.39 is 0 Å². The van der Waals surface area contributed by atoms with Gasteiger partial charge in [-0.3, -0.25) is 8.93 Å². The summed E-state index contributed by atoms with van der Waals surface area (Å²) in [4.78, 5) is 23.6. The van der Waals surface area contributed by atoms with Crippen LogP contribution in [0, 0.1) is 0 Å². The summed E-state index contributed by atoms with van der Waals surface area (Å²) in [6.45, 7) is 3.23. The topological polar surface area (TPSA) is 102 Å². The molecule has 0 fully saturated rings. The molecule has 120 valence electrons. The minimum atomic E-state index is -0.246. The maximum Gasteiger partial charge on any atom is 0.328 e. The molecule has 2 aromatic heterocycles. The van der Waals surface area contributed by atoms with Crippen LogP contribution >= 0.6 is 0 Å². The number of aromatic amines is 1. The lowest BCUT2D eigenvalue weighted by Gasteiger charge is -2.04. The molecule has 0 aliphatic rings. The van der Waals surface area contributed by atoms with E-state index in [0.717, 1.165) is 18.5 Å². The van der Waals surface area contributed by atoms with Crippen LogP contribution in [0.1, 0.15) is 18.9 Å². The van der Waals surface area contributed by atoms with Gasteiger partial charge in [-0.15, -0.1) is 0 Å². The van der Waals surface area contributed by atoms with Gasteiger partial charge < -0.3 is 10.7 Å². The highest BCUT2D eigenvalue weighted by molar-refractivity contribution is 7.68. The third-order valence-corrected chi connectivity index (χ3v) is 4.03. The lowest BCUT2D eigenvalue weighted by Crippen LogP contribution is -2.17. The molecule has 3 rings (SSSR count). The van der Waals surface area contributed by atoms with Crippen molar-refractivity contribution in [2.24, 2.45) is 4.36 Å². The molecule has 7 nitrogen and oxygen atoms in total. The van der Waals surface area contributed by atoms with Crippen LogP contribution in [0.15, 0.2) is 44.6 Å². The van der Waals surface area contributed by atoms with Crippen molar-refractivity contribution >= 4 is 28.5 Å². The summed E-state index contributed by atoms with van der Waals surface area (Å²) in [6, 6.07) is 9.74. The highest BCUT2D eigenvalue weighted by Crippen LogP contribution is 2.15. The molecule has 2 heterocycles. The van der Waals surface area contributed by atoms with Crippen LogP contribution < -0.4 is 11.4 Å². The van der Waals surface area contributed by atoms with Gasteiger partial charge in [0, 0.05) is 6.54 Å². The van der Waals surface area contributed by atoms with Crippen LogP contribution in [0.2, 0.25) is 0 Å². The Labute approximate surface area is 136 Å². The minimum Gasteiger partial charge on any atom is -0.382 e. The zero-order valence-corrected chi connectivity index (χ0v) is 13.6. The Balaban J connectivity index is 2.07. The number of imidazole rings is 1. The summed E-state index contributed by atoms with van der Waals surface area (Å²) in [6.07, 6.45) is 0.966. The van der Waals surface area contributed by atoms with Crippen LogP contribution in [-0.4, -0.2) is 26.1 Å². The zero-order valence-electron chi connectivity index (χ0n) is 12.7. The van der Waals surface area contributed by atoms with E-state index >= 15 is 0 Å². The molecule has 0 bridgehead atoms. The molecular formula is C15H18N6OS. The molecule has 8 heteroatoms. The van der Waals surface area contributed by atoms with Crippen molar-refractivity contribution in [1.29, 1.82) is 0 Å². The maximum absolute atomic E-state index is 12.2. The average Bonchev–Trinajstić information content (AvgIpc) is 2.86. The first-order chi connectivity index (χ1) is 11.2. The molecule has 0 saturated heterocycles. The predicted octanol–water partition coefficient (Wildman–Crippen LogP) is 1.52. The first-order valence-electron chi connectivity index (χ1n) is 7.36. The zero-order chi connectivity index (χ0) is 16.2. The van der Waals surface area contributed by atoms with Crippen molar-refractivity contribution in [2.45, 2.75) is 25.0 Å². The monoisotopic (exact) mass is 330 g/mol. The Morgan fingerprint density at radius 1 is 1.30 bits per heavy atom. The second kappa shape index (κ2) is 6.74. The number of aromatic nitrogens is 4. The number of nitrogens with zero attached hydrogens (tertiary/aromatic N) is 4. The van der Waals surface area contributed by atoms with Crippen molar-refractivity contribution in [3.63, 3.8) is 0 Å². The van der Waals surface area contributed by atoms with Gasteiger partial charge in [-0.25, -0.2) is 14.8 Å². The van der Waals surface area contributed by atoms with Crippen LogP contribution in [-0.2, 0) is 18.1 Å². The van der Waals surface area contributed by atoms with E-state index in [1.165, 1.54) is 0 Å². The Morgan fingerprint density at radius 3 is 2.83 bits per heavy atom. The molecule has 0 saturated carbocycles. The van der Waals surface area contributed by atoms with E-state index in [-0.39, 0.29) is 11.5 Å². The molecule has 0 spiro atoms. The number of nitrogens with two attached hydrogens (primary N) is 1. The summed E-state index contributed by atoms with van der Waals surface area (Å²) < 4.78 is 5.89. The van der Waals surface area contributed by atoms with Crippen LogP contribution in [0.3, 0.4) is 0 Å². The molecule has 0 aliphatic carbocycles. The quantitative estimate of drug-likeness (QED) is 0.487. The Morgan fingerprint density at radius 2 is 2.09 bits per heavy atom. The molecule has 0 atom stereocenters. The normalized spacial score (nSPS) is 11.9. The maximum atomic E-state index is 12.2. The lowest BCUT2D eigenvalue weighted by atomic mass is 10.2. The van der Waals surface area contributed by atoms with Crippen molar-refractivity contribution in [3.8, 4) is 0 Å². The van der Waals surface area contributed by atoms with Crippen LogP contribution in [0.25, 0.3) is 11.2 Å². The number of thiol groups is 1. The first kappa shape index (κ1) is 15.4. The minimum absolute atomic E-state index is 0.246. The third kappa shape index (κ3) is 3.31. The van der Waals surface area contributed by atoms with Gasteiger partial charge in [-0.2, -0.15) is 0 Å². The van der Waals surface area contributed by atoms with E-state index in [2.05, 4.69) is 26.2 Å². The van der Waals surface area contributed by atoms with Crippen molar-refractivity contribution in [3.05, 3.63) is 46.4 Å². The fourth-order valence-corrected chi connectivity index (χ4v) is 2.93. The highest BCUT2D eigenvalue weighted by atomic mass is 32.1. The number of hydrogen-bond acceptors (Lipinski definition) is 5. The number of nitrogens with one attached hydrogen (secondary N) is 1. The van der Waals surface area contributed by atoms with Crippen molar-refractivity contribution in [2.75, 3.05) is 12.3 Å². The van der Waals surface area contributed by atoms with Gasteiger partial charge in [0.15, 0.2) is 16.6 Å². The average molecular weight is 330 g/mol. The van der Waals surface area contributed by atoms with Gasteiger partial charge in [-0.05, 0) is 23.5 Å². The third-order valence-electron chi connectivity index (χ3n) is 3.31. The number of hydrogen-bond donors (Lipinski definition) is 3. The number of rotatable bonds is 5. The standard InChI is InChI=1S/C15H18N6OS/c1-2-8-17-23-14-19-12(16)11-13(20-14)21(15(22)18-11)9-10-6-4-3-5-7-10/h3-7,23H,2,8-9H2,1H3,(H,18,22)(H2,16,19,20). The molecule has 0 amide bonds. The summed E-state index contributed by atoms with van der Waals surface area (Å²) in [7, 11) is 0. The van der Waals surface area contributed by atoms with Crippen LogP contribution in [0.5, 0.6) is 0 Å². The van der Waals surface area contributed by atoms with Crippen molar-refractivity contribution < 1.29 is 0 Å². The molecule has 1 aromatic carbocycles. The SMILES string of the molecule is CCCN=[SH]c1nc(N)c2[nH]c(=O)n(Cc3ccccc3)c2n1. The fourth-order valence-electron chi connectivity index (χ4n) is 2.21. The lowest BCUT2D eigenvalue weighted by molar-refractivity contribution is 0.771. The van der Waals surface area contributed by atoms with Gasteiger partial charge in [-0.1, -0.05) is 37.3 Å². The second-order valence-corrected chi connectivity index (χ2v) is 5.96. The van der Waals surface area contributed by atoms with E-state index in [0.29, 0.717) is 34.4 Å². The molecule has 0 unspecified atom stereocenters. The second-order valence-electron chi connectivity index (χ2n) is 5.07. The predicted molar refractivity (Wildman–Crippen MR) is 92.7 cm³/mol. The number of benzene rings is 1. The van der Waals surface area contributed by atoms with Gasteiger partial charge >= 0.3 is 5.69 Å². The number of fused-ring (bicyclic) bond motifs is 1. The van der Waals surface area contributed by atoms with E-state index in [1.54, 1.807) is 4.57 Å². The number of nitrogen functional groups attached to an aromatic ring is 1. The summed E-state index contributed by atoms with van der Waals surface area (Å²) in [5, 5.41) is 0.504. The molecule has 23 heavy (non-hydrogen) atoms. The number of anilines is 1. The largest absolute Gasteiger partial charge is 0.382 e. The van der Waals surface area contributed by atoms with Gasteiger partial charge in [0.2, 0.25) is 0 Å². The summed E-state index contributed by atoms with van der Waals surface area (Å²) in [5.74, 6) is 0.271. The highest BCUT2D eigenvalue weighted by Gasteiger charge is 2.13. The molecule has 3 N–H and O–H groups in total. The first-order valence-corrected chi connectivity index (χ1v) is 8.21. The van der Waals surface area contributed by atoms with E-state index in [4.69, 9.17) is 5.73 Å². The number of H-pyrrole nitrogens is 1. The Hall–Kier alpha value is -2.48. The summed E-state index contributed by atoms with van der Waals surface area (Å²) >= 11 is 0.665. The fraction of sp³-hybridized carbons (Fsp3) is 0.267. The van der Waals surface area contributed by atoms with E-state index in [9.17, 15) is 4.79 Å². The smallest absolute Gasteiger partial charge is 0.328 e. The summed E-state index contributed by atoms with van der Waals surface area (Å²) in [5.41, 5.74) is 7.71. The van der Waals surface area contributed by atoms with E-state index in [1.807, 2.05) is 30.3 Å². The van der Waals surface area contributed by atoms with Gasteiger partial charge in [0.05, 0.1) is 6.54 Å². The molecule has 0 radical (unpaired) electrons.